The second-order valence-electron chi connectivity index (χ2n) is 5.77. The molecule has 27 heavy (non-hydrogen) atoms. The molecule has 1 N–H and O–H groups in total. The molecule has 140 valence electrons. The van der Waals surface area contributed by atoms with Gasteiger partial charge in [0.25, 0.3) is 0 Å². The van der Waals surface area contributed by atoms with Crippen molar-refractivity contribution in [2.75, 3.05) is 13.7 Å². The van der Waals surface area contributed by atoms with Gasteiger partial charge in [-0.05, 0) is 23.3 Å². The fraction of sp³-hybridized carbons (Fsp3) is 0.238. The Balaban J connectivity index is 2.01. The number of amides is 1. The smallest absolute Gasteiger partial charge is 0.328 e. The van der Waals surface area contributed by atoms with E-state index in [-0.39, 0.29) is 18.9 Å². The van der Waals surface area contributed by atoms with Crippen LogP contribution in [-0.4, -0.2) is 31.6 Å². The molecule has 0 radical (unpaired) electrons. The summed E-state index contributed by atoms with van der Waals surface area (Å²) in [4.78, 5) is 24.4. The maximum atomic E-state index is 12.4. The Bertz CT molecular complexity index is 830. The molecule has 5 nitrogen and oxygen atoms in total. The van der Waals surface area contributed by atoms with Crippen LogP contribution < -0.4 is 10.1 Å². The standard InChI is InChI=1S/C21H20ClNO4/c1-3-11-27-19-10-9-16(12-17(19)22)14-20(24)23-18(21(25)26-2)13-15-7-5-4-6-8-15/h1,4-10,12,18H,11,13-14H2,2H3,(H,23,24)/t18-/m1/s1. The fourth-order valence-corrected chi connectivity index (χ4v) is 2.76. The number of hydrogen-bond acceptors (Lipinski definition) is 4. The van der Waals surface area contributed by atoms with E-state index in [4.69, 9.17) is 27.5 Å². The van der Waals surface area contributed by atoms with Crippen LogP contribution in [0.4, 0.5) is 0 Å². The molecule has 1 atom stereocenters. The first-order valence-electron chi connectivity index (χ1n) is 8.29. The Labute approximate surface area is 163 Å². The third-order valence-electron chi connectivity index (χ3n) is 3.78. The lowest BCUT2D eigenvalue weighted by Crippen LogP contribution is -2.43. The Morgan fingerprint density at radius 1 is 1.19 bits per heavy atom. The first kappa shape index (κ1) is 20.3. The summed E-state index contributed by atoms with van der Waals surface area (Å²) >= 11 is 6.14. The minimum Gasteiger partial charge on any atom is -0.479 e. The molecule has 2 aromatic carbocycles. The second-order valence-corrected chi connectivity index (χ2v) is 6.17. The number of esters is 1. The van der Waals surface area contributed by atoms with Crippen molar-refractivity contribution in [3.8, 4) is 18.1 Å². The Morgan fingerprint density at radius 2 is 1.93 bits per heavy atom. The quantitative estimate of drug-likeness (QED) is 0.560. The van der Waals surface area contributed by atoms with Gasteiger partial charge in [-0.15, -0.1) is 6.42 Å². The van der Waals surface area contributed by atoms with Crippen molar-refractivity contribution in [2.24, 2.45) is 0 Å². The summed E-state index contributed by atoms with van der Waals surface area (Å²) in [5.41, 5.74) is 1.61. The number of hydrogen-bond donors (Lipinski definition) is 1. The number of carbonyl (C=O) groups excluding carboxylic acids is 2. The van der Waals surface area contributed by atoms with E-state index in [1.807, 2.05) is 30.3 Å². The van der Waals surface area contributed by atoms with Gasteiger partial charge in [0.1, 0.15) is 18.4 Å². The van der Waals surface area contributed by atoms with E-state index >= 15 is 0 Å². The Morgan fingerprint density at radius 3 is 2.56 bits per heavy atom. The molecule has 0 fully saturated rings. The van der Waals surface area contributed by atoms with E-state index in [1.54, 1.807) is 18.2 Å². The number of benzene rings is 2. The normalized spacial score (nSPS) is 11.1. The van der Waals surface area contributed by atoms with Gasteiger partial charge in [0, 0.05) is 6.42 Å². The number of methoxy groups -OCH3 is 1. The molecular weight excluding hydrogens is 366 g/mol. The molecule has 0 saturated carbocycles. The molecule has 0 aliphatic carbocycles. The molecule has 0 aliphatic rings. The zero-order valence-corrected chi connectivity index (χ0v) is 15.7. The van der Waals surface area contributed by atoms with E-state index in [2.05, 4.69) is 11.2 Å². The van der Waals surface area contributed by atoms with Crippen LogP contribution in [0.1, 0.15) is 11.1 Å². The van der Waals surface area contributed by atoms with E-state index < -0.39 is 12.0 Å². The molecule has 0 aromatic heterocycles. The zero-order chi connectivity index (χ0) is 19.6. The van der Waals surface area contributed by atoms with Gasteiger partial charge in [-0.3, -0.25) is 4.79 Å². The van der Waals surface area contributed by atoms with Crippen molar-refractivity contribution < 1.29 is 19.1 Å². The molecule has 0 unspecified atom stereocenters. The molecule has 0 saturated heterocycles. The van der Waals surface area contributed by atoms with Gasteiger partial charge in [0.2, 0.25) is 5.91 Å². The van der Waals surface area contributed by atoms with Crippen LogP contribution >= 0.6 is 11.6 Å². The van der Waals surface area contributed by atoms with Crippen molar-refractivity contribution in [2.45, 2.75) is 18.9 Å². The second kappa shape index (κ2) is 10.2. The average molecular weight is 386 g/mol. The van der Waals surface area contributed by atoms with Crippen LogP contribution in [0.5, 0.6) is 5.75 Å². The van der Waals surface area contributed by atoms with Crippen LogP contribution in [-0.2, 0) is 27.2 Å². The molecule has 0 aliphatic heterocycles. The van der Waals surface area contributed by atoms with Gasteiger partial charge < -0.3 is 14.8 Å². The van der Waals surface area contributed by atoms with Crippen LogP contribution in [0.3, 0.4) is 0 Å². The largest absolute Gasteiger partial charge is 0.479 e. The zero-order valence-electron chi connectivity index (χ0n) is 14.9. The Kier molecular flexibility index (Phi) is 7.72. The SMILES string of the molecule is C#CCOc1ccc(CC(=O)N[C@H](Cc2ccccc2)C(=O)OC)cc1Cl. The maximum Gasteiger partial charge on any atom is 0.328 e. The molecule has 0 bridgehead atoms. The first-order chi connectivity index (χ1) is 13.0. The molecule has 0 heterocycles. The summed E-state index contributed by atoms with van der Waals surface area (Å²) in [6.45, 7) is 0.111. The number of nitrogens with one attached hydrogen (secondary N) is 1. The summed E-state index contributed by atoms with van der Waals surface area (Å²) in [7, 11) is 1.29. The van der Waals surface area contributed by atoms with Crippen molar-refractivity contribution in [3.63, 3.8) is 0 Å². The van der Waals surface area contributed by atoms with Crippen LogP contribution in [0, 0.1) is 12.3 Å². The van der Waals surface area contributed by atoms with Gasteiger partial charge in [-0.25, -0.2) is 4.79 Å². The van der Waals surface area contributed by atoms with Gasteiger partial charge in [-0.1, -0.05) is 53.9 Å². The average Bonchev–Trinajstić information content (AvgIpc) is 2.67. The van der Waals surface area contributed by atoms with E-state index in [9.17, 15) is 9.59 Å². The maximum absolute atomic E-state index is 12.4. The highest BCUT2D eigenvalue weighted by molar-refractivity contribution is 6.32. The van der Waals surface area contributed by atoms with E-state index in [1.165, 1.54) is 7.11 Å². The minimum atomic E-state index is -0.765. The summed E-state index contributed by atoms with van der Waals surface area (Å²) in [6, 6.07) is 13.7. The van der Waals surface area contributed by atoms with E-state index in [0.717, 1.165) is 5.56 Å². The summed E-state index contributed by atoms with van der Waals surface area (Å²) in [6.07, 6.45) is 5.56. The van der Waals surface area contributed by atoms with Crippen molar-refractivity contribution >= 4 is 23.5 Å². The number of terminal acetylenes is 1. The Hall–Kier alpha value is -2.97. The first-order valence-corrected chi connectivity index (χ1v) is 8.67. The fourth-order valence-electron chi connectivity index (χ4n) is 2.51. The molecule has 0 spiro atoms. The predicted molar refractivity (Wildman–Crippen MR) is 104 cm³/mol. The molecule has 6 heteroatoms. The highest BCUT2D eigenvalue weighted by Crippen LogP contribution is 2.25. The van der Waals surface area contributed by atoms with Crippen LogP contribution in [0.25, 0.3) is 0 Å². The van der Waals surface area contributed by atoms with Crippen LogP contribution in [0.15, 0.2) is 48.5 Å². The minimum absolute atomic E-state index is 0.0669. The van der Waals surface area contributed by atoms with E-state index in [0.29, 0.717) is 22.8 Å². The molecule has 1 amide bonds. The van der Waals surface area contributed by atoms with Crippen molar-refractivity contribution in [1.82, 2.24) is 5.32 Å². The lowest BCUT2D eigenvalue weighted by molar-refractivity contribution is -0.145. The monoisotopic (exact) mass is 385 g/mol. The third kappa shape index (κ3) is 6.36. The number of carbonyl (C=O) groups is 2. The molecule has 2 aromatic rings. The number of ether oxygens (including phenoxy) is 2. The summed E-state index contributed by atoms with van der Waals surface area (Å²) < 4.78 is 10.1. The topological polar surface area (TPSA) is 64.6 Å². The van der Waals surface area contributed by atoms with Crippen LogP contribution in [0.2, 0.25) is 5.02 Å². The summed E-state index contributed by atoms with van der Waals surface area (Å²) in [5.74, 6) is 2.01. The highest BCUT2D eigenvalue weighted by atomic mass is 35.5. The highest BCUT2D eigenvalue weighted by Gasteiger charge is 2.22. The van der Waals surface area contributed by atoms with Gasteiger partial charge in [-0.2, -0.15) is 0 Å². The third-order valence-corrected chi connectivity index (χ3v) is 4.07. The number of halogens is 1. The predicted octanol–water partition coefficient (Wildman–Crippen LogP) is 2.80. The van der Waals surface area contributed by atoms with Gasteiger partial charge in [0.15, 0.2) is 0 Å². The van der Waals surface area contributed by atoms with Crippen molar-refractivity contribution in [3.05, 3.63) is 64.7 Å². The summed E-state index contributed by atoms with van der Waals surface area (Å²) in [5, 5.41) is 3.08. The molecule has 2 rings (SSSR count). The number of rotatable bonds is 8. The molecular formula is C21H20ClNO4. The van der Waals surface area contributed by atoms with Gasteiger partial charge >= 0.3 is 5.97 Å². The van der Waals surface area contributed by atoms with Crippen molar-refractivity contribution in [1.29, 1.82) is 0 Å². The lowest BCUT2D eigenvalue weighted by Gasteiger charge is -2.17. The lowest BCUT2D eigenvalue weighted by atomic mass is 10.1. The van der Waals surface area contributed by atoms with Gasteiger partial charge in [0.05, 0.1) is 18.6 Å².